The largest absolute Gasteiger partial charge is 0.494 e. The number of nitrogens with one attached hydrogen (secondary N) is 1. The van der Waals surface area contributed by atoms with Crippen LogP contribution in [0.3, 0.4) is 0 Å². The molecule has 1 aliphatic heterocycles. The van der Waals surface area contributed by atoms with Gasteiger partial charge >= 0.3 is 0 Å². The van der Waals surface area contributed by atoms with Crippen LogP contribution in [-0.2, 0) is 12.8 Å². The van der Waals surface area contributed by atoms with Crippen LogP contribution >= 0.6 is 0 Å². The molecule has 1 N–H and O–H groups in total. The Bertz CT molecular complexity index is 410. The van der Waals surface area contributed by atoms with Crippen LogP contribution in [0.5, 0.6) is 5.75 Å². The SMILES string of the molecule is CCCCc1cc(OCCC2CCNCC2)ccc1CC. The standard InChI is InChI=1S/C19H31NO/c1-3-5-6-18-15-19(8-7-17(18)4-2)21-14-11-16-9-12-20-13-10-16/h7-8,15-16,20H,3-6,9-14H2,1-2H3. The van der Waals surface area contributed by atoms with Gasteiger partial charge in [0, 0.05) is 0 Å². The summed E-state index contributed by atoms with van der Waals surface area (Å²) >= 11 is 0. The van der Waals surface area contributed by atoms with Crippen molar-refractivity contribution in [2.45, 2.75) is 58.8 Å². The fourth-order valence-corrected chi connectivity index (χ4v) is 3.15. The first-order valence-corrected chi connectivity index (χ1v) is 8.78. The summed E-state index contributed by atoms with van der Waals surface area (Å²) in [4.78, 5) is 0. The Morgan fingerprint density at radius 2 is 1.95 bits per heavy atom. The van der Waals surface area contributed by atoms with Gasteiger partial charge in [0.25, 0.3) is 0 Å². The molecule has 1 heterocycles. The molecule has 0 aromatic heterocycles. The zero-order chi connectivity index (χ0) is 14.9. The second-order valence-electron chi connectivity index (χ2n) is 6.22. The van der Waals surface area contributed by atoms with E-state index in [-0.39, 0.29) is 0 Å². The Hall–Kier alpha value is -1.02. The van der Waals surface area contributed by atoms with Gasteiger partial charge in [0.15, 0.2) is 0 Å². The van der Waals surface area contributed by atoms with Gasteiger partial charge in [0.1, 0.15) is 5.75 Å². The Balaban J connectivity index is 1.84. The van der Waals surface area contributed by atoms with Crippen LogP contribution in [-0.4, -0.2) is 19.7 Å². The van der Waals surface area contributed by atoms with E-state index in [1.165, 1.54) is 62.7 Å². The van der Waals surface area contributed by atoms with E-state index in [1.54, 1.807) is 0 Å². The van der Waals surface area contributed by atoms with Gasteiger partial charge in [-0.05, 0) is 80.8 Å². The topological polar surface area (TPSA) is 21.3 Å². The van der Waals surface area contributed by atoms with Crippen LogP contribution in [0.1, 0.15) is 57.1 Å². The normalized spacial score (nSPS) is 16.1. The maximum atomic E-state index is 6.01. The Morgan fingerprint density at radius 1 is 1.14 bits per heavy atom. The number of hydrogen-bond donors (Lipinski definition) is 1. The van der Waals surface area contributed by atoms with E-state index in [4.69, 9.17) is 4.74 Å². The molecular formula is C19H31NO. The summed E-state index contributed by atoms with van der Waals surface area (Å²) in [6.45, 7) is 7.71. The highest BCUT2D eigenvalue weighted by Crippen LogP contribution is 2.22. The molecule has 2 rings (SSSR count). The summed E-state index contributed by atoms with van der Waals surface area (Å²) in [5.41, 5.74) is 2.97. The van der Waals surface area contributed by atoms with E-state index in [0.717, 1.165) is 24.7 Å². The zero-order valence-corrected chi connectivity index (χ0v) is 13.8. The minimum absolute atomic E-state index is 0.848. The van der Waals surface area contributed by atoms with Crippen LogP contribution in [0.4, 0.5) is 0 Å². The summed E-state index contributed by atoms with van der Waals surface area (Å²) < 4.78 is 6.01. The van der Waals surface area contributed by atoms with Crippen LogP contribution in [0, 0.1) is 5.92 Å². The number of aryl methyl sites for hydroxylation is 2. The lowest BCUT2D eigenvalue weighted by Gasteiger charge is -2.22. The van der Waals surface area contributed by atoms with Gasteiger partial charge in [-0.15, -0.1) is 0 Å². The maximum absolute atomic E-state index is 6.01. The van der Waals surface area contributed by atoms with Crippen molar-refractivity contribution in [3.63, 3.8) is 0 Å². The van der Waals surface area contributed by atoms with Crippen LogP contribution in [0.25, 0.3) is 0 Å². The molecule has 1 aliphatic rings. The molecule has 0 saturated carbocycles. The third kappa shape index (κ3) is 5.35. The van der Waals surface area contributed by atoms with Gasteiger partial charge in [-0.3, -0.25) is 0 Å². The van der Waals surface area contributed by atoms with Crippen molar-refractivity contribution in [1.82, 2.24) is 5.32 Å². The molecule has 0 spiro atoms. The molecule has 0 unspecified atom stereocenters. The van der Waals surface area contributed by atoms with Gasteiger partial charge in [0.2, 0.25) is 0 Å². The number of ether oxygens (including phenoxy) is 1. The van der Waals surface area contributed by atoms with Crippen molar-refractivity contribution in [1.29, 1.82) is 0 Å². The minimum Gasteiger partial charge on any atom is -0.494 e. The average molecular weight is 289 g/mol. The first-order chi connectivity index (χ1) is 10.3. The lowest BCUT2D eigenvalue weighted by Crippen LogP contribution is -2.28. The van der Waals surface area contributed by atoms with E-state index < -0.39 is 0 Å². The van der Waals surface area contributed by atoms with Crippen LogP contribution in [0.2, 0.25) is 0 Å². The highest BCUT2D eigenvalue weighted by molar-refractivity contribution is 5.35. The number of rotatable bonds is 8. The smallest absolute Gasteiger partial charge is 0.119 e. The van der Waals surface area contributed by atoms with Crippen LogP contribution in [0.15, 0.2) is 18.2 Å². The minimum atomic E-state index is 0.848. The molecule has 0 radical (unpaired) electrons. The Kier molecular flexibility index (Phi) is 7.08. The van der Waals surface area contributed by atoms with E-state index in [1.807, 2.05) is 0 Å². The van der Waals surface area contributed by atoms with Gasteiger partial charge < -0.3 is 10.1 Å². The second kappa shape index (κ2) is 9.09. The summed E-state index contributed by atoms with van der Waals surface area (Å²) in [5.74, 6) is 1.91. The third-order valence-corrected chi connectivity index (χ3v) is 4.61. The molecule has 1 aromatic carbocycles. The quantitative estimate of drug-likeness (QED) is 0.767. The molecule has 0 atom stereocenters. The first-order valence-electron chi connectivity index (χ1n) is 8.78. The number of piperidine rings is 1. The zero-order valence-electron chi connectivity index (χ0n) is 13.8. The van der Waals surface area contributed by atoms with Crippen molar-refractivity contribution in [3.8, 4) is 5.75 Å². The summed E-state index contributed by atoms with van der Waals surface area (Å²) in [7, 11) is 0. The molecular weight excluding hydrogens is 258 g/mol. The second-order valence-corrected chi connectivity index (χ2v) is 6.22. The van der Waals surface area contributed by atoms with Crippen molar-refractivity contribution < 1.29 is 4.74 Å². The van der Waals surface area contributed by atoms with Crippen molar-refractivity contribution in [3.05, 3.63) is 29.3 Å². The highest BCUT2D eigenvalue weighted by atomic mass is 16.5. The van der Waals surface area contributed by atoms with E-state index in [0.29, 0.717) is 0 Å². The first kappa shape index (κ1) is 16.4. The third-order valence-electron chi connectivity index (χ3n) is 4.61. The summed E-state index contributed by atoms with van der Waals surface area (Å²) in [5, 5.41) is 3.42. The summed E-state index contributed by atoms with van der Waals surface area (Å²) in [6.07, 6.45) is 8.64. The lowest BCUT2D eigenvalue weighted by atomic mass is 9.95. The molecule has 21 heavy (non-hydrogen) atoms. The van der Waals surface area contributed by atoms with Crippen molar-refractivity contribution in [2.24, 2.45) is 5.92 Å². The monoisotopic (exact) mass is 289 g/mol. The van der Waals surface area contributed by atoms with Gasteiger partial charge in [-0.1, -0.05) is 26.3 Å². The predicted octanol–water partition coefficient (Wildman–Crippen LogP) is 4.36. The van der Waals surface area contributed by atoms with E-state index >= 15 is 0 Å². The molecule has 2 nitrogen and oxygen atoms in total. The molecule has 118 valence electrons. The Morgan fingerprint density at radius 3 is 2.67 bits per heavy atom. The number of benzene rings is 1. The Labute approximate surface area is 130 Å². The molecule has 0 aliphatic carbocycles. The highest BCUT2D eigenvalue weighted by Gasteiger charge is 2.12. The lowest BCUT2D eigenvalue weighted by molar-refractivity contribution is 0.251. The van der Waals surface area contributed by atoms with Gasteiger partial charge in [0.05, 0.1) is 6.61 Å². The fraction of sp³-hybridized carbons (Fsp3) is 0.684. The van der Waals surface area contributed by atoms with E-state index in [9.17, 15) is 0 Å². The van der Waals surface area contributed by atoms with Gasteiger partial charge in [-0.25, -0.2) is 0 Å². The molecule has 0 amide bonds. The molecule has 1 aromatic rings. The summed E-state index contributed by atoms with van der Waals surface area (Å²) in [6, 6.07) is 6.68. The molecule has 0 bridgehead atoms. The fourth-order valence-electron chi connectivity index (χ4n) is 3.15. The van der Waals surface area contributed by atoms with Gasteiger partial charge in [-0.2, -0.15) is 0 Å². The van der Waals surface area contributed by atoms with Crippen molar-refractivity contribution >= 4 is 0 Å². The molecule has 2 heteroatoms. The van der Waals surface area contributed by atoms with Crippen molar-refractivity contribution in [2.75, 3.05) is 19.7 Å². The van der Waals surface area contributed by atoms with E-state index in [2.05, 4.69) is 37.4 Å². The molecule has 1 saturated heterocycles. The maximum Gasteiger partial charge on any atom is 0.119 e. The number of hydrogen-bond acceptors (Lipinski definition) is 2. The average Bonchev–Trinajstić information content (AvgIpc) is 2.54. The van der Waals surface area contributed by atoms with Crippen LogP contribution < -0.4 is 10.1 Å². The predicted molar refractivity (Wildman–Crippen MR) is 90.1 cm³/mol. The number of unbranched alkanes of at least 4 members (excludes halogenated alkanes) is 1. The molecule has 1 fully saturated rings.